The van der Waals surface area contributed by atoms with Gasteiger partial charge in [0.25, 0.3) is 0 Å². The largest absolute Gasteiger partial charge is 0.465 e. The molecule has 0 fully saturated rings. The Kier molecular flexibility index (Phi) is 6.81. The molecule has 0 N–H and O–H groups in total. The number of methoxy groups -OCH3 is 1. The molecule has 0 bridgehead atoms. The van der Waals surface area contributed by atoms with E-state index in [9.17, 15) is 9.59 Å². The first-order valence-electron chi connectivity index (χ1n) is 6.91. The van der Waals surface area contributed by atoms with Gasteiger partial charge in [0.1, 0.15) is 5.69 Å². The summed E-state index contributed by atoms with van der Waals surface area (Å²) in [4.78, 5) is 29.3. The molecule has 0 spiro atoms. The van der Waals surface area contributed by atoms with Gasteiger partial charge in [-0.2, -0.15) is 0 Å². The third kappa shape index (κ3) is 5.51. The topological polar surface area (TPSA) is 68.7 Å². The van der Waals surface area contributed by atoms with Crippen LogP contribution in [0.5, 0.6) is 0 Å². The van der Waals surface area contributed by atoms with Crippen molar-refractivity contribution in [1.82, 2.24) is 9.88 Å². The van der Waals surface area contributed by atoms with Crippen LogP contribution >= 0.6 is 0 Å². The van der Waals surface area contributed by atoms with E-state index < -0.39 is 5.97 Å². The molecule has 0 unspecified atom stereocenters. The predicted molar refractivity (Wildman–Crippen MR) is 77.8 cm³/mol. The van der Waals surface area contributed by atoms with E-state index in [-0.39, 0.29) is 24.2 Å². The van der Waals surface area contributed by atoms with Crippen molar-refractivity contribution >= 4 is 11.9 Å². The Morgan fingerprint density at radius 2 is 2.05 bits per heavy atom. The van der Waals surface area contributed by atoms with E-state index in [1.807, 2.05) is 24.8 Å². The van der Waals surface area contributed by atoms with E-state index in [0.717, 1.165) is 0 Å². The quantitative estimate of drug-likeness (QED) is 0.712. The number of nitrogens with zero attached hydrogens (tertiary/aromatic N) is 2. The lowest BCUT2D eigenvalue weighted by Gasteiger charge is -2.25. The van der Waals surface area contributed by atoms with Crippen molar-refractivity contribution in [1.29, 1.82) is 0 Å². The number of rotatable bonds is 7. The number of aromatic nitrogens is 1. The van der Waals surface area contributed by atoms with Crippen molar-refractivity contribution in [2.24, 2.45) is 0 Å². The van der Waals surface area contributed by atoms with Gasteiger partial charge in [-0.05, 0) is 32.9 Å². The monoisotopic (exact) mass is 294 g/mol. The molecule has 1 rings (SSSR count). The van der Waals surface area contributed by atoms with Gasteiger partial charge >= 0.3 is 11.9 Å². The average Bonchev–Trinajstić information content (AvgIpc) is 2.46. The summed E-state index contributed by atoms with van der Waals surface area (Å²) in [5.74, 6) is -0.742. The van der Waals surface area contributed by atoms with Crippen molar-refractivity contribution in [3.05, 3.63) is 29.6 Å². The van der Waals surface area contributed by atoms with Gasteiger partial charge < -0.3 is 9.47 Å². The highest BCUT2D eigenvalue weighted by atomic mass is 16.5. The first kappa shape index (κ1) is 17.1. The molecule has 0 aromatic carbocycles. The van der Waals surface area contributed by atoms with E-state index in [1.165, 1.54) is 7.11 Å². The molecule has 0 aliphatic rings. The smallest absolute Gasteiger partial charge is 0.356 e. The molecule has 1 aromatic rings. The second kappa shape index (κ2) is 8.36. The molecule has 1 heterocycles. The fourth-order valence-electron chi connectivity index (χ4n) is 1.79. The van der Waals surface area contributed by atoms with Crippen LogP contribution in [0.1, 0.15) is 37.0 Å². The lowest BCUT2D eigenvalue weighted by molar-refractivity contribution is -0.145. The number of ether oxygens (including phenoxy) is 2. The van der Waals surface area contributed by atoms with Gasteiger partial charge in [0.15, 0.2) is 0 Å². The number of carbonyl (C=O) groups excluding carboxylic acids is 2. The molecule has 0 saturated heterocycles. The highest BCUT2D eigenvalue weighted by molar-refractivity contribution is 5.87. The van der Waals surface area contributed by atoms with Gasteiger partial charge in [-0.25, -0.2) is 9.78 Å². The molecule has 6 heteroatoms. The van der Waals surface area contributed by atoms with Crippen LogP contribution in [0.3, 0.4) is 0 Å². The maximum Gasteiger partial charge on any atom is 0.356 e. The Morgan fingerprint density at radius 1 is 1.33 bits per heavy atom. The van der Waals surface area contributed by atoms with Gasteiger partial charge in [-0.1, -0.05) is 6.07 Å². The summed E-state index contributed by atoms with van der Waals surface area (Å²) in [5.41, 5.74) is 0.964. The van der Waals surface area contributed by atoms with Crippen molar-refractivity contribution < 1.29 is 19.1 Å². The fourth-order valence-corrected chi connectivity index (χ4v) is 1.79. The standard InChI is InChI=1S/C15H22N2O4/c1-5-21-14(18)10-17(11(2)3)9-12-7-6-8-13(16-12)15(19)20-4/h6-8,11H,5,9-10H2,1-4H3. The van der Waals surface area contributed by atoms with Gasteiger partial charge in [0.2, 0.25) is 0 Å². The summed E-state index contributed by atoms with van der Waals surface area (Å²) in [6.07, 6.45) is 0. The van der Waals surface area contributed by atoms with Crippen molar-refractivity contribution in [3.63, 3.8) is 0 Å². The summed E-state index contributed by atoms with van der Waals surface area (Å²) >= 11 is 0. The van der Waals surface area contributed by atoms with Crippen LogP contribution in [0.15, 0.2) is 18.2 Å². The fraction of sp³-hybridized carbons (Fsp3) is 0.533. The molecular weight excluding hydrogens is 272 g/mol. The van der Waals surface area contributed by atoms with Gasteiger partial charge in [-0.15, -0.1) is 0 Å². The molecule has 0 aliphatic carbocycles. The number of pyridine rings is 1. The van der Waals surface area contributed by atoms with Crippen LogP contribution in [0.25, 0.3) is 0 Å². The van der Waals surface area contributed by atoms with Gasteiger partial charge in [0.05, 0.1) is 26.0 Å². The molecular formula is C15H22N2O4. The Bertz CT molecular complexity index is 488. The molecule has 6 nitrogen and oxygen atoms in total. The molecule has 21 heavy (non-hydrogen) atoms. The zero-order valence-electron chi connectivity index (χ0n) is 13.0. The molecule has 0 saturated carbocycles. The number of hydrogen-bond donors (Lipinski definition) is 0. The van der Waals surface area contributed by atoms with E-state index in [2.05, 4.69) is 9.72 Å². The van der Waals surface area contributed by atoms with Gasteiger partial charge in [0, 0.05) is 12.6 Å². The minimum atomic E-state index is -0.474. The number of hydrogen-bond acceptors (Lipinski definition) is 6. The molecule has 0 atom stereocenters. The van der Waals surface area contributed by atoms with Crippen LogP contribution < -0.4 is 0 Å². The Labute approximate surface area is 125 Å². The van der Waals surface area contributed by atoms with Crippen molar-refractivity contribution in [2.45, 2.75) is 33.4 Å². The molecule has 0 amide bonds. The molecule has 0 aliphatic heterocycles. The summed E-state index contributed by atoms with van der Waals surface area (Å²) in [7, 11) is 1.32. The second-order valence-electron chi connectivity index (χ2n) is 4.81. The highest BCUT2D eigenvalue weighted by Crippen LogP contribution is 2.08. The molecule has 1 aromatic heterocycles. The maximum atomic E-state index is 11.6. The predicted octanol–water partition coefficient (Wildman–Crippen LogP) is 1.64. The lowest BCUT2D eigenvalue weighted by atomic mass is 10.2. The normalized spacial score (nSPS) is 10.8. The minimum absolute atomic E-state index is 0.151. The Morgan fingerprint density at radius 3 is 2.62 bits per heavy atom. The van der Waals surface area contributed by atoms with Crippen LogP contribution in [0.4, 0.5) is 0 Å². The first-order valence-corrected chi connectivity index (χ1v) is 6.91. The van der Waals surface area contributed by atoms with Crippen molar-refractivity contribution in [2.75, 3.05) is 20.3 Å². The van der Waals surface area contributed by atoms with Crippen LogP contribution in [-0.4, -0.2) is 48.1 Å². The highest BCUT2D eigenvalue weighted by Gasteiger charge is 2.17. The van der Waals surface area contributed by atoms with E-state index in [0.29, 0.717) is 18.8 Å². The molecule has 0 radical (unpaired) electrons. The third-order valence-corrected chi connectivity index (χ3v) is 2.93. The Balaban J connectivity index is 2.79. The third-order valence-electron chi connectivity index (χ3n) is 2.93. The number of carbonyl (C=O) groups is 2. The van der Waals surface area contributed by atoms with Crippen LogP contribution in [-0.2, 0) is 20.8 Å². The number of esters is 2. The molecule has 116 valence electrons. The zero-order valence-corrected chi connectivity index (χ0v) is 13.0. The van der Waals surface area contributed by atoms with E-state index >= 15 is 0 Å². The van der Waals surface area contributed by atoms with Crippen LogP contribution in [0.2, 0.25) is 0 Å². The van der Waals surface area contributed by atoms with Crippen molar-refractivity contribution in [3.8, 4) is 0 Å². The first-order chi connectivity index (χ1) is 9.97. The maximum absolute atomic E-state index is 11.6. The summed E-state index contributed by atoms with van der Waals surface area (Å²) in [6, 6.07) is 5.31. The summed E-state index contributed by atoms with van der Waals surface area (Å²) < 4.78 is 9.62. The average molecular weight is 294 g/mol. The zero-order chi connectivity index (χ0) is 15.8. The van der Waals surface area contributed by atoms with Crippen LogP contribution in [0, 0.1) is 0 Å². The summed E-state index contributed by atoms with van der Waals surface area (Å²) in [6.45, 7) is 6.77. The SMILES string of the molecule is CCOC(=O)CN(Cc1cccc(C(=O)OC)n1)C(C)C. The summed E-state index contributed by atoms with van der Waals surface area (Å²) in [5, 5.41) is 0. The van der Waals surface area contributed by atoms with E-state index in [4.69, 9.17) is 4.74 Å². The minimum Gasteiger partial charge on any atom is -0.465 e. The van der Waals surface area contributed by atoms with E-state index in [1.54, 1.807) is 19.1 Å². The Hall–Kier alpha value is -1.95. The van der Waals surface area contributed by atoms with Gasteiger partial charge in [-0.3, -0.25) is 9.69 Å². The second-order valence-corrected chi connectivity index (χ2v) is 4.81. The lowest BCUT2D eigenvalue weighted by Crippen LogP contribution is -2.36.